The van der Waals surface area contributed by atoms with E-state index in [9.17, 15) is 0 Å². The van der Waals surface area contributed by atoms with E-state index in [1.807, 2.05) is 25.1 Å². The summed E-state index contributed by atoms with van der Waals surface area (Å²) in [6, 6.07) is 5.87. The summed E-state index contributed by atoms with van der Waals surface area (Å²) in [6.45, 7) is 4.42. The largest absolute Gasteiger partial charge is 0.492 e. The van der Waals surface area contributed by atoms with Crippen LogP contribution in [-0.2, 0) is 4.74 Å². The summed E-state index contributed by atoms with van der Waals surface area (Å²) < 4.78 is 10.7. The van der Waals surface area contributed by atoms with Gasteiger partial charge in [0.1, 0.15) is 5.75 Å². The van der Waals surface area contributed by atoms with Gasteiger partial charge in [0.25, 0.3) is 0 Å². The molecule has 1 fully saturated rings. The van der Waals surface area contributed by atoms with Crippen LogP contribution in [-0.4, -0.2) is 26.9 Å². The number of benzene rings is 1. The molecule has 1 aromatic carbocycles. The fraction of sp³-hybridized carbons (Fsp3) is 0.600. The molecule has 1 aliphatic carbocycles. The first-order valence-corrected chi connectivity index (χ1v) is 6.94. The Morgan fingerprint density at radius 3 is 2.79 bits per heavy atom. The van der Waals surface area contributed by atoms with Crippen LogP contribution in [0.2, 0.25) is 0 Å². The van der Waals surface area contributed by atoms with E-state index in [4.69, 9.17) is 15.2 Å². The topological polar surface area (TPSA) is 56.5 Å². The molecule has 4 nitrogen and oxygen atoms in total. The molecule has 0 amide bonds. The number of methoxy groups -OCH3 is 1. The smallest absolute Gasteiger partial charge is 0.144 e. The number of nitrogens with two attached hydrogens (primary N) is 1. The molecule has 0 atom stereocenters. The Labute approximate surface area is 115 Å². The van der Waals surface area contributed by atoms with Gasteiger partial charge >= 0.3 is 0 Å². The van der Waals surface area contributed by atoms with Gasteiger partial charge in [0.05, 0.1) is 12.3 Å². The SMILES string of the molecule is CCOc1cc(NCC2(CCOC)CC2)ccc1N. The summed E-state index contributed by atoms with van der Waals surface area (Å²) in [6.07, 6.45) is 3.71. The summed E-state index contributed by atoms with van der Waals surface area (Å²) >= 11 is 0. The maximum atomic E-state index is 5.87. The average molecular weight is 264 g/mol. The quantitative estimate of drug-likeness (QED) is 0.709. The van der Waals surface area contributed by atoms with Crippen molar-refractivity contribution in [1.29, 1.82) is 0 Å². The highest BCUT2D eigenvalue weighted by atomic mass is 16.5. The number of anilines is 2. The van der Waals surface area contributed by atoms with E-state index in [1.54, 1.807) is 7.11 Å². The summed E-state index contributed by atoms with van der Waals surface area (Å²) in [5, 5.41) is 3.49. The first-order chi connectivity index (χ1) is 9.19. The van der Waals surface area contributed by atoms with Gasteiger partial charge in [-0.15, -0.1) is 0 Å². The van der Waals surface area contributed by atoms with Crippen molar-refractivity contribution in [2.75, 3.05) is 37.9 Å². The molecule has 1 aromatic rings. The van der Waals surface area contributed by atoms with Crippen LogP contribution in [0.3, 0.4) is 0 Å². The lowest BCUT2D eigenvalue weighted by molar-refractivity contribution is 0.175. The van der Waals surface area contributed by atoms with Crippen molar-refractivity contribution < 1.29 is 9.47 Å². The summed E-state index contributed by atoms with van der Waals surface area (Å²) in [5.41, 5.74) is 8.06. The molecule has 1 saturated carbocycles. The highest BCUT2D eigenvalue weighted by molar-refractivity contribution is 5.61. The molecule has 4 heteroatoms. The first-order valence-electron chi connectivity index (χ1n) is 6.94. The Bertz CT molecular complexity index is 417. The summed E-state index contributed by atoms with van der Waals surface area (Å²) in [7, 11) is 1.76. The summed E-state index contributed by atoms with van der Waals surface area (Å²) in [4.78, 5) is 0. The molecule has 0 aliphatic heterocycles. The monoisotopic (exact) mass is 264 g/mol. The van der Waals surface area contributed by atoms with Gasteiger partial charge in [-0.05, 0) is 43.7 Å². The zero-order valence-electron chi connectivity index (χ0n) is 11.9. The molecule has 0 radical (unpaired) electrons. The van der Waals surface area contributed by atoms with Gasteiger partial charge in [-0.2, -0.15) is 0 Å². The lowest BCUT2D eigenvalue weighted by Crippen LogP contribution is -2.17. The number of nitrogen functional groups attached to an aromatic ring is 1. The molecule has 0 aromatic heterocycles. The van der Waals surface area contributed by atoms with Crippen LogP contribution < -0.4 is 15.8 Å². The van der Waals surface area contributed by atoms with Gasteiger partial charge in [-0.1, -0.05) is 0 Å². The molecule has 0 spiro atoms. The van der Waals surface area contributed by atoms with Crippen molar-refractivity contribution in [3.05, 3.63) is 18.2 Å². The van der Waals surface area contributed by atoms with Gasteiger partial charge in [0.15, 0.2) is 0 Å². The third-order valence-corrected chi connectivity index (χ3v) is 3.77. The van der Waals surface area contributed by atoms with Gasteiger partial charge < -0.3 is 20.5 Å². The minimum Gasteiger partial charge on any atom is -0.492 e. The molecular weight excluding hydrogens is 240 g/mol. The van der Waals surface area contributed by atoms with E-state index in [0.717, 1.165) is 31.0 Å². The van der Waals surface area contributed by atoms with Crippen molar-refractivity contribution in [2.45, 2.75) is 26.2 Å². The second-order valence-electron chi connectivity index (χ2n) is 5.28. The highest BCUT2D eigenvalue weighted by Gasteiger charge is 2.41. The highest BCUT2D eigenvalue weighted by Crippen LogP contribution is 2.48. The van der Waals surface area contributed by atoms with Crippen LogP contribution in [0.15, 0.2) is 18.2 Å². The molecule has 3 N–H and O–H groups in total. The van der Waals surface area contributed by atoms with Crippen molar-refractivity contribution in [3.8, 4) is 5.75 Å². The van der Waals surface area contributed by atoms with Crippen molar-refractivity contribution in [1.82, 2.24) is 0 Å². The van der Waals surface area contributed by atoms with Crippen LogP contribution >= 0.6 is 0 Å². The molecule has 106 valence electrons. The third-order valence-electron chi connectivity index (χ3n) is 3.77. The average Bonchev–Trinajstić information content (AvgIpc) is 3.18. The zero-order chi connectivity index (χ0) is 13.7. The van der Waals surface area contributed by atoms with E-state index in [0.29, 0.717) is 17.7 Å². The van der Waals surface area contributed by atoms with Crippen LogP contribution in [0.4, 0.5) is 11.4 Å². The fourth-order valence-electron chi connectivity index (χ4n) is 2.22. The van der Waals surface area contributed by atoms with Gasteiger partial charge in [-0.25, -0.2) is 0 Å². The van der Waals surface area contributed by atoms with E-state index in [2.05, 4.69) is 5.32 Å². The lowest BCUT2D eigenvalue weighted by Gasteiger charge is -2.17. The van der Waals surface area contributed by atoms with E-state index in [1.165, 1.54) is 12.8 Å². The molecule has 19 heavy (non-hydrogen) atoms. The fourth-order valence-corrected chi connectivity index (χ4v) is 2.22. The van der Waals surface area contributed by atoms with E-state index < -0.39 is 0 Å². The maximum absolute atomic E-state index is 5.87. The molecule has 2 rings (SSSR count). The minimum absolute atomic E-state index is 0.434. The predicted octanol–water partition coefficient (Wildman–Crippen LogP) is 2.90. The first kappa shape index (κ1) is 14.0. The zero-order valence-corrected chi connectivity index (χ0v) is 11.9. The molecule has 0 bridgehead atoms. The number of rotatable bonds is 8. The Balaban J connectivity index is 1.91. The van der Waals surface area contributed by atoms with Crippen LogP contribution in [0.1, 0.15) is 26.2 Å². The lowest BCUT2D eigenvalue weighted by atomic mass is 10.0. The van der Waals surface area contributed by atoms with Crippen LogP contribution in [0.5, 0.6) is 5.75 Å². The van der Waals surface area contributed by atoms with E-state index >= 15 is 0 Å². The number of hydrogen-bond donors (Lipinski definition) is 2. The second-order valence-corrected chi connectivity index (χ2v) is 5.28. The molecular formula is C15H24N2O2. The molecule has 1 aliphatic rings. The van der Waals surface area contributed by atoms with Gasteiger partial charge in [-0.3, -0.25) is 0 Å². The van der Waals surface area contributed by atoms with E-state index in [-0.39, 0.29) is 0 Å². The Morgan fingerprint density at radius 1 is 1.37 bits per heavy atom. The third kappa shape index (κ3) is 3.77. The maximum Gasteiger partial charge on any atom is 0.144 e. The molecule has 0 unspecified atom stereocenters. The number of hydrogen-bond acceptors (Lipinski definition) is 4. The van der Waals surface area contributed by atoms with Crippen molar-refractivity contribution >= 4 is 11.4 Å². The Kier molecular flexibility index (Phi) is 4.53. The Hall–Kier alpha value is -1.42. The van der Waals surface area contributed by atoms with Gasteiger partial charge in [0.2, 0.25) is 0 Å². The van der Waals surface area contributed by atoms with Crippen LogP contribution in [0.25, 0.3) is 0 Å². The van der Waals surface area contributed by atoms with Crippen molar-refractivity contribution in [2.24, 2.45) is 5.41 Å². The number of ether oxygens (including phenoxy) is 2. The minimum atomic E-state index is 0.434. The number of nitrogens with one attached hydrogen (secondary N) is 1. The summed E-state index contributed by atoms with van der Waals surface area (Å²) in [5.74, 6) is 0.759. The second kappa shape index (κ2) is 6.15. The molecule has 0 heterocycles. The molecule has 0 saturated heterocycles. The van der Waals surface area contributed by atoms with Gasteiger partial charge in [0, 0.05) is 32.0 Å². The van der Waals surface area contributed by atoms with Crippen molar-refractivity contribution in [3.63, 3.8) is 0 Å². The normalized spacial score (nSPS) is 16.1. The van der Waals surface area contributed by atoms with Crippen LogP contribution in [0, 0.1) is 5.41 Å². The Morgan fingerprint density at radius 2 is 2.16 bits per heavy atom. The standard InChI is InChI=1S/C15H24N2O2/c1-3-19-14-10-12(4-5-13(14)16)17-11-15(6-7-15)8-9-18-2/h4-5,10,17H,3,6-9,11,16H2,1-2H3. The predicted molar refractivity (Wildman–Crippen MR) is 78.7 cm³/mol.